The van der Waals surface area contributed by atoms with E-state index in [4.69, 9.17) is 0 Å². The Balaban J connectivity index is 2.50. The van der Waals surface area contributed by atoms with Gasteiger partial charge in [0, 0.05) is 5.69 Å². The number of rotatable bonds is 4. The number of benzene rings is 1. The Bertz CT molecular complexity index is 712. The molecule has 0 unspecified atom stereocenters. The van der Waals surface area contributed by atoms with Gasteiger partial charge < -0.3 is 0 Å². The first kappa shape index (κ1) is 17.4. The summed E-state index contributed by atoms with van der Waals surface area (Å²) in [4.78, 5) is 13.6. The zero-order valence-corrected chi connectivity index (χ0v) is 13.8. The van der Waals surface area contributed by atoms with Crippen LogP contribution in [0.5, 0.6) is 0 Å². The van der Waals surface area contributed by atoms with Crippen LogP contribution in [0.25, 0.3) is 0 Å². The SMILES string of the molecule is CCc1nnsc1C(=O)N(CC(F)(F)F)c1cccc(C)c1C. The number of halogens is 3. The van der Waals surface area contributed by atoms with Crippen molar-refractivity contribution in [2.24, 2.45) is 0 Å². The molecule has 1 aromatic carbocycles. The van der Waals surface area contributed by atoms with Crippen molar-refractivity contribution in [3.8, 4) is 0 Å². The highest BCUT2D eigenvalue weighted by molar-refractivity contribution is 7.08. The molecule has 8 heteroatoms. The third-order valence-electron chi connectivity index (χ3n) is 3.53. The molecule has 1 heterocycles. The maximum absolute atomic E-state index is 13.0. The largest absolute Gasteiger partial charge is 0.406 e. The average molecular weight is 343 g/mol. The molecule has 0 saturated heterocycles. The van der Waals surface area contributed by atoms with E-state index in [1.165, 1.54) is 6.07 Å². The van der Waals surface area contributed by atoms with Gasteiger partial charge in [0.2, 0.25) is 0 Å². The number of aryl methyl sites for hydroxylation is 2. The minimum Gasteiger partial charge on any atom is -0.298 e. The van der Waals surface area contributed by atoms with Crippen LogP contribution in [0.4, 0.5) is 18.9 Å². The molecule has 23 heavy (non-hydrogen) atoms. The van der Waals surface area contributed by atoms with Crippen LogP contribution in [-0.4, -0.2) is 28.2 Å². The summed E-state index contributed by atoms with van der Waals surface area (Å²) >= 11 is 0.822. The zero-order valence-electron chi connectivity index (χ0n) is 12.9. The van der Waals surface area contributed by atoms with Crippen molar-refractivity contribution in [2.75, 3.05) is 11.4 Å². The van der Waals surface area contributed by atoms with E-state index < -0.39 is 18.6 Å². The monoisotopic (exact) mass is 343 g/mol. The fraction of sp³-hybridized carbons (Fsp3) is 0.400. The van der Waals surface area contributed by atoms with Gasteiger partial charge in [-0.1, -0.05) is 23.5 Å². The summed E-state index contributed by atoms with van der Waals surface area (Å²) in [7, 11) is 0. The van der Waals surface area contributed by atoms with Crippen LogP contribution in [0, 0.1) is 13.8 Å². The summed E-state index contributed by atoms with van der Waals surface area (Å²) in [6.07, 6.45) is -4.07. The molecule has 0 aliphatic rings. The molecular formula is C15H16F3N3OS. The van der Waals surface area contributed by atoms with Gasteiger partial charge in [-0.2, -0.15) is 13.2 Å². The number of alkyl halides is 3. The number of amides is 1. The third-order valence-corrected chi connectivity index (χ3v) is 4.29. The molecule has 0 radical (unpaired) electrons. The van der Waals surface area contributed by atoms with Gasteiger partial charge in [0.15, 0.2) is 0 Å². The number of hydrogen-bond donors (Lipinski definition) is 0. The van der Waals surface area contributed by atoms with E-state index in [9.17, 15) is 18.0 Å². The average Bonchev–Trinajstić information content (AvgIpc) is 2.95. The first-order valence-electron chi connectivity index (χ1n) is 7.00. The topological polar surface area (TPSA) is 46.1 Å². The van der Waals surface area contributed by atoms with Crippen molar-refractivity contribution in [1.29, 1.82) is 0 Å². The van der Waals surface area contributed by atoms with Crippen LogP contribution in [0.3, 0.4) is 0 Å². The van der Waals surface area contributed by atoms with E-state index in [2.05, 4.69) is 9.59 Å². The van der Waals surface area contributed by atoms with Gasteiger partial charge >= 0.3 is 6.18 Å². The maximum Gasteiger partial charge on any atom is 0.406 e. The Hall–Kier alpha value is -1.96. The van der Waals surface area contributed by atoms with Gasteiger partial charge in [0.25, 0.3) is 5.91 Å². The number of carbonyl (C=O) groups is 1. The predicted octanol–water partition coefficient (Wildman–Crippen LogP) is 3.93. The standard InChI is InChI=1S/C15H16F3N3OS/c1-4-11-13(23-20-19-11)14(22)21(8-15(16,17)18)12-7-5-6-9(2)10(12)3/h5-7H,4,8H2,1-3H3. The normalized spacial score (nSPS) is 11.6. The highest BCUT2D eigenvalue weighted by atomic mass is 32.1. The molecule has 4 nitrogen and oxygen atoms in total. The molecule has 124 valence electrons. The van der Waals surface area contributed by atoms with E-state index >= 15 is 0 Å². The van der Waals surface area contributed by atoms with Crippen LogP contribution in [0.1, 0.15) is 33.4 Å². The second kappa shape index (κ2) is 6.66. The van der Waals surface area contributed by atoms with Crippen LogP contribution in [0.15, 0.2) is 18.2 Å². The number of nitrogens with zero attached hydrogens (tertiary/aromatic N) is 3. The Labute approximate surface area is 136 Å². The first-order valence-corrected chi connectivity index (χ1v) is 7.78. The molecule has 0 aliphatic carbocycles. The van der Waals surface area contributed by atoms with E-state index in [1.807, 2.05) is 0 Å². The third kappa shape index (κ3) is 3.87. The van der Waals surface area contributed by atoms with Crippen molar-refractivity contribution < 1.29 is 18.0 Å². The van der Waals surface area contributed by atoms with Crippen LogP contribution in [0.2, 0.25) is 0 Å². The minimum absolute atomic E-state index is 0.151. The molecule has 1 aromatic heterocycles. The van der Waals surface area contributed by atoms with Gasteiger partial charge in [-0.25, -0.2) is 0 Å². The smallest absolute Gasteiger partial charge is 0.298 e. The van der Waals surface area contributed by atoms with Gasteiger partial charge in [-0.3, -0.25) is 9.69 Å². The van der Waals surface area contributed by atoms with Crippen molar-refractivity contribution in [1.82, 2.24) is 9.59 Å². The Morgan fingerprint density at radius 3 is 2.61 bits per heavy atom. The Kier molecular flexibility index (Phi) is 5.03. The lowest BCUT2D eigenvalue weighted by Gasteiger charge is -2.26. The second-order valence-corrected chi connectivity index (χ2v) is 5.88. The van der Waals surface area contributed by atoms with Crippen molar-refractivity contribution in [2.45, 2.75) is 33.4 Å². The molecule has 0 spiro atoms. The molecule has 0 atom stereocenters. The zero-order chi connectivity index (χ0) is 17.2. The van der Waals surface area contributed by atoms with Crippen LogP contribution >= 0.6 is 11.5 Å². The van der Waals surface area contributed by atoms with E-state index in [0.29, 0.717) is 17.7 Å². The highest BCUT2D eigenvalue weighted by Crippen LogP contribution is 2.29. The second-order valence-electron chi connectivity index (χ2n) is 5.13. The first-order chi connectivity index (χ1) is 10.7. The lowest BCUT2D eigenvalue weighted by Crippen LogP contribution is -2.39. The summed E-state index contributed by atoms with van der Waals surface area (Å²) < 4.78 is 42.6. The quantitative estimate of drug-likeness (QED) is 0.845. The van der Waals surface area contributed by atoms with E-state index in [0.717, 1.165) is 22.0 Å². The molecule has 0 saturated carbocycles. The van der Waals surface area contributed by atoms with Gasteiger partial charge in [-0.05, 0) is 49.0 Å². The number of hydrogen-bond acceptors (Lipinski definition) is 4. The van der Waals surface area contributed by atoms with E-state index in [1.54, 1.807) is 32.9 Å². The van der Waals surface area contributed by atoms with Crippen LogP contribution < -0.4 is 4.90 Å². The number of aromatic nitrogens is 2. The summed E-state index contributed by atoms with van der Waals surface area (Å²) in [5, 5.41) is 3.81. The molecule has 2 aromatic rings. The highest BCUT2D eigenvalue weighted by Gasteiger charge is 2.36. The Morgan fingerprint density at radius 2 is 2.00 bits per heavy atom. The summed E-state index contributed by atoms with van der Waals surface area (Å²) in [5.41, 5.74) is 2.13. The number of anilines is 1. The molecule has 0 fully saturated rings. The van der Waals surface area contributed by atoms with Crippen molar-refractivity contribution in [3.63, 3.8) is 0 Å². The Morgan fingerprint density at radius 1 is 1.30 bits per heavy atom. The lowest BCUT2D eigenvalue weighted by molar-refractivity contribution is -0.118. The lowest BCUT2D eigenvalue weighted by atomic mass is 10.1. The molecular weight excluding hydrogens is 327 g/mol. The summed E-state index contributed by atoms with van der Waals surface area (Å²) in [5.74, 6) is -0.720. The van der Waals surface area contributed by atoms with Crippen molar-refractivity contribution in [3.05, 3.63) is 39.9 Å². The van der Waals surface area contributed by atoms with Gasteiger partial charge in [-0.15, -0.1) is 5.10 Å². The molecule has 0 N–H and O–H groups in total. The maximum atomic E-state index is 13.0. The molecule has 0 bridgehead atoms. The number of carbonyl (C=O) groups excluding carboxylic acids is 1. The van der Waals surface area contributed by atoms with Gasteiger partial charge in [0.1, 0.15) is 11.4 Å². The predicted molar refractivity (Wildman–Crippen MR) is 82.9 cm³/mol. The summed E-state index contributed by atoms with van der Waals surface area (Å²) in [6.45, 7) is 3.92. The summed E-state index contributed by atoms with van der Waals surface area (Å²) in [6, 6.07) is 4.95. The molecule has 2 rings (SSSR count). The van der Waals surface area contributed by atoms with Gasteiger partial charge in [0.05, 0.1) is 5.69 Å². The van der Waals surface area contributed by atoms with Crippen molar-refractivity contribution >= 4 is 23.1 Å². The fourth-order valence-corrected chi connectivity index (χ4v) is 2.90. The molecule has 0 aliphatic heterocycles. The minimum atomic E-state index is -4.50. The van der Waals surface area contributed by atoms with Crippen LogP contribution in [-0.2, 0) is 6.42 Å². The van der Waals surface area contributed by atoms with E-state index in [-0.39, 0.29) is 10.6 Å². The molecule has 1 amide bonds. The fourth-order valence-electron chi connectivity index (χ4n) is 2.20.